The number of fused-ring (bicyclic) bond motifs is 1. The van der Waals surface area contributed by atoms with E-state index >= 15 is 0 Å². The van der Waals surface area contributed by atoms with Crippen LogP contribution in [0.5, 0.6) is 5.75 Å². The Balaban J connectivity index is 1.90. The molecule has 1 saturated heterocycles. The smallest absolute Gasteiger partial charge is 0.149 e. The van der Waals surface area contributed by atoms with Crippen molar-refractivity contribution in [2.75, 3.05) is 13.1 Å². The molecule has 2 unspecified atom stereocenters. The lowest BCUT2D eigenvalue weighted by atomic mass is 9.97. The quantitative estimate of drug-likeness (QED) is 0.876. The number of aromatic nitrogens is 2. The molecule has 0 saturated carbocycles. The van der Waals surface area contributed by atoms with E-state index in [1.54, 1.807) is 6.20 Å². The molecule has 1 aliphatic rings. The van der Waals surface area contributed by atoms with Gasteiger partial charge >= 0.3 is 0 Å². The summed E-state index contributed by atoms with van der Waals surface area (Å²) in [6.45, 7) is 4.22. The summed E-state index contributed by atoms with van der Waals surface area (Å²) in [5.41, 5.74) is 0.881. The van der Waals surface area contributed by atoms with Crippen LogP contribution in [0, 0.1) is 5.92 Å². The van der Waals surface area contributed by atoms with E-state index in [4.69, 9.17) is 4.74 Å². The van der Waals surface area contributed by atoms with Crippen molar-refractivity contribution in [3.05, 3.63) is 30.5 Å². The average molecular weight is 243 g/mol. The van der Waals surface area contributed by atoms with Crippen LogP contribution in [0.4, 0.5) is 0 Å². The second-order valence-corrected chi connectivity index (χ2v) is 4.85. The Morgan fingerprint density at radius 3 is 3.11 bits per heavy atom. The van der Waals surface area contributed by atoms with Gasteiger partial charge in [0.1, 0.15) is 11.9 Å². The van der Waals surface area contributed by atoms with Crippen LogP contribution in [-0.2, 0) is 0 Å². The standard InChI is InChI=1S/C14H17N3O/c1-10-6-7-15-8-13(10)18-14-9-16-17-12-5-3-2-4-11(12)14/h2-5,9-10,13,15H,6-8H2,1H3. The summed E-state index contributed by atoms with van der Waals surface area (Å²) >= 11 is 0. The van der Waals surface area contributed by atoms with Crippen LogP contribution in [-0.4, -0.2) is 29.4 Å². The number of hydrogen-bond donors (Lipinski definition) is 1. The van der Waals surface area contributed by atoms with Crippen LogP contribution in [0.25, 0.3) is 10.9 Å². The van der Waals surface area contributed by atoms with Crippen LogP contribution >= 0.6 is 0 Å². The number of ether oxygens (including phenoxy) is 1. The highest BCUT2D eigenvalue weighted by molar-refractivity contribution is 5.83. The predicted octanol–water partition coefficient (Wildman–Crippen LogP) is 2.01. The zero-order chi connectivity index (χ0) is 12.4. The van der Waals surface area contributed by atoms with E-state index in [9.17, 15) is 0 Å². The number of hydrogen-bond acceptors (Lipinski definition) is 4. The van der Waals surface area contributed by atoms with Crippen molar-refractivity contribution >= 4 is 10.9 Å². The fraction of sp³-hybridized carbons (Fsp3) is 0.429. The monoisotopic (exact) mass is 243 g/mol. The molecule has 18 heavy (non-hydrogen) atoms. The molecule has 0 spiro atoms. The number of rotatable bonds is 2. The molecule has 3 rings (SSSR count). The lowest BCUT2D eigenvalue weighted by molar-refractivity contribution is 0.116. The fourth-order valence-electron chi connectivity index (χ4n) is 2.36. The predicted molar refractivity (Wildman–Crippen MR) is 70.6 cm³/mol. The summed E-state index contributed by atoms with van der Waals surface area (Å²) in [5, 5.41) is 12.5. The number of piperidine rings is 1. The Morgan fingerprint density at radius 1 is 1.33 bits per heavy atom. The molecule has 4 heteroatoms. The van der Waals surface area contributed by atoms with Gasteiger partial charge in [-0.2, -0.15) is 10.2 Å². The lowest BCUT2D eigenvalue weighted by Gasteiger charge is -2.30. The van der Waals surface area contributed by atoms with Gasteiger partial charge in [-0.3, -0.25) is 0 Å². The first-order chi connectivity index (χ1) is 8.84. The van der Waals surface area contributed by atoms with E-state index in [0.717, 1.165) is 36.2 Å². The third kappa shape index (κ3) is 2.16. The van der Waals surface area contributed by atoms with Gasteiger partial charge in [0, 0.05) is 11.9 Å². The fourth-order valence-corrected chi connectivity index (χ4v) is 2.36. The molecule has 0 bridgehead atoms. The number of nitrogens with zero attached hydrogens (tertiary/aromatic N) is 2. The summed E-state index contributed by atoms with van der Waals surface area (Å²) in [6, 6.07) is 7.95. The molecule has 0 amide bonds. The first kappa shape index (κ1) is 11.4. The van der Waals surface area contributed by atoms with E-state index in [0.29, 0.717) is 5.92 Å². The van der Waals surface area contributed by atoms with Gasteiger partial charge in [0.2, 0.25) is 0 Å². The van der Waals surface area contributed by atoms with Crippen molar-refractivity contribution in [1.29, 1.82) is 0 Å². The summed E-state index contributed by atoms with van der Waals surface area (Å²) in [7, 11) is 0. The van der Waals surface area contributed by atoms with Crippen LogP contribution in [0.2, 0.25) is 0 Å². The van der Waals surface area contributed by atoms with E-state index in [1.165, 1.54) is 0 Å². The largest absolute Gasteiger partial charge is 0.486 e. The van der Waals surface area contributed by atoms with E-state index in [2.05, 4.69) is 22.4 Å². The molecule has 4 nitrogen and oxygen atoms in total. The molecule has 94 valence electrons. The van der Waals surface area contributed by atoms with E-state index in [1.807, 2.05) is 24.3 Å². The third-order valence-corrected chi connectivity index (χ3v) is 3.54. The van der Waals surface area contributed by atoms with Gasteiger partial charge in [-0.05, 0) is 31.0 Å². The van der Waals surface area contributed by atoms with Crippen molar-refractivity contribution in [2.45, 2.75) is 19.4 Å². The normalized spacial score (nSPS) is 24.1. The van der Waals surface area contributed by atoms with Gasteiger partial charge in [-0.1, -0.05) is 19.1 Å². The Morgan fingerprint density at radius 2 is 2.22 bits per heavy atom. The molecule has 0 aliphatic carbocycles. The van der Waals surface area contributed by atoms with Crippen LogP contribution in [0.1, 0.15) is 13.3 Å². The van der Waals surface area contributed by atoms with Gasteiger partial charge in [-0.25, -0.2) is 0 Å². The molecule has 1 fully saturated rings. The highest BCUT2D eigenvalue weighted by Crippen LogP contribution is 2.25. The first-order valence-corrected chi connectivity index (χ1v) is 6.42. The number of nitrogens with one attached hydrogen (secondary N) is 1. The SMILES string of the molecule is CC1CCNCC1Oc1cnnc2ccccc12. The third-order valence-electron chi connectivity index (χ3n) is 3.54. The van der Waals surface area contributed by atoms with Crippen molar-refractivity contribution in [3.63, 3.8) is 0 Å². The molecule has 1 aromatic carbocycles. The molecule has 2 heterocycles. The summed E-state index contributed by atoms with van der Waals surface area (Å²) < 4.78 is 6.12. The van der Waals surface area contributed by atoms with Crippen molar-refractivity contribution in [1.82, 2.24) is 15.5 Å². The lowest BCUT2D eigenvalue weighted by Crippen LogP contribution is -2.42. The Labute approximate surface area is 106 Å². The Hall–Kier alpha value is -1.68. The van der Waals surface area contributed by atoms with Crippen molar-refractivity contribution in [2.24, 2.45) is 5.92 Å². The van der Waals surface area contributed by atoms with Gasteiger partial charge in [-0.15, -0.1) is 0 Å². The summed E-state index contributed by atoms with van der Waals surface area (Å²) in [4.78, 5) is 0. The topological polar surface area (TPSA) is 47.0 Å². The number of benzene rings is 1. The van der Waals surface area contributed by atoms with Crippen LogP contribution in [0.15, 0.2) is 30.5 Å². The molecular weight excluding hydrogens is 226 g/mol. The van der Waals surface area contributed by atoms with Crippen LogP contribution in [0.3, 0.4) is 0 Å². The zero-order valence-electron chi connectivity index (χ0n) is 10.5. The molecular formula is C14H17N3O. The van der Waals surface area contributed by atoms with Crippen molar-refractivity contribution < 1.29 is 4.74 Å². The van der Waals surface area contributed by atoms with E-state index in [-0.39, 0.29) is 6.10 Å². The minimum absolute atomic E-state index is 0.214. The Kier molecular flexibility index (Phi) is 3.11. The first-order valence-electron chi connectivity index (χ1n) is 6.42. The van der Waals surface area contributed by atoms with Gasteiger partial charge < -0.3 is 10.1 Å². The molecule has 0 radical (unpaired) electrons. The summed E-state index contributed by atoms with van der Waals surface area (Å²) in [6.07, 6.45) is 3.08. The highest BCUT2D eigenvalue weighted by Gasteiger charge is 2.23. The second-order valence-electron chi connectivity index (χ2n) is 4.85. The Bertz CT molecular complexity index is 538. The maximum atomic E-state index is 6.12. The second kappa shape index (κ2) is 4.90. The van der Waals surface area contributed by atoms with Gasteiger partial charge in [0.05, 0.1) is 11.7 Å². The zero-order valence-corrected chi connectivity index (χ0v) is 10.5. The minimum Gasteiger partial charge on any atom is -0.486 e. The molecule has 2 aromatic rings. The molecule has 1 N–H and O–H groups in total. The summed E-state index contributed by atoms with van der Waals surface area (Å²) in [5.74, 6) is 1.40. The average Bonchev–Trinajstić information content (AvgIpc) is 2.42. The highest BCUT2D eigenvalue weighted by atomic mass is 16.5. The van der Waals surface area contributed by atoms with Gasteiger partial charge in [0.15, 0.2) is 0 Å². The van der Waals surface area contributed by atoms with E-state index < -0.39 is 0 Å². The molecule has 2 atom stereocenters. The van der Waals surface area contributed by atoms with Crippen LogP contribution < -0.4 is 10.1 Å². The molecule has 1 aliphatic heterocycles. The van der Waals surface area contributed by atoms with Crippen molar-refractivity contribution in [3.8, 4) is 5.75 Å². The maximum absolute atomic E-state index is 6.12. The maximum Gasteiger partial charge on any atom is 0.149 e. The van der Waals surface area contributed by atoms with Gasteiger partial charge in [0.25, 0.3) is 0 Å². The minimum atomic E-state index is 0.214. The molecule has 1 aromatic heterocycles.